The topological polar surface area (TPSA) is 41.5 Å². The Morgan fingerprint density at radius 1 is 1.35 bits per heavy atom. The minimum absolute atomic E-state index is 0.184. The molecule has 0 radical (unpaired) electrons. The average Bonchev–Trinajstić information content (AvgIpc) is 2.50. The molecule has 1 N–H and O–H groups in total. The summed E-state index contributed by atoms with van der Waals surface area (Å²) in [5.74, 6) is 0.312. The van der Waals surface area contributed by atoms with Crippen LogP contribution in [0.15, 0.2) is 52.5 Å². The van der Waals surface area contributed by atoms with Crippen molar-refractivity contribution in [2.75, 3.05) is 5.75 Å². The Labute approximate surface area is 143 Å². The van der Waals surface area contributed by atoms with Crippen LogP contribution in [-0.4, -0.2) is 17.9 Å². The van der Waals surface area contributed by atoms with Crippen LogP contribution in [0.2, 0.25) is 5.02 Å². The summed E-state index contributed by atoms with van der Waals surface area (Å²) < 4.78 is 13.0. The highest BCUT2D eigenvalue weighted by atomic mass is 35.5. The predicted octanol–water partition coefficient (Wildman–Crippen LogP) is 4.28. The molecule has 0 bridgehead atoms. The zero-order valence-corrected chi connectivity index (χ0v) is 14.1. The number of nitrogens with one attached hydrogen (secondary N) is 1. The van der Waals surface area contributed by atoms with E-state index in [1.165, 1.54) is 18.3 Å². The Balaban J connectivity index is 1.98. The third-order valence-corrected chi connectivity index (χ3v) is 4.16. The minimum Gasteiger partial charge on any atom is -0.273 e. The van der Waals surface area contributed by atoms with E-state index in [0.29, 0.717) is 10.6 Å². The highest BCUT2D eigenvalue weighted by molar-refractivity contribution is 7.99. The van der Waals surface area contributed by atoms with Crippen LogP contribution in [0.5, 0.6) is 0 Å². The van der Waals surface area contributed by atoms with Gasteiger partial charge in [0.1, 0.15) is 5.82 Å². The smallest absolute Gasteiger partial charge is 0.244 e. The van der Waals surface area contributed by atoms with Gasteiger partial charge in [-0.05, 0) is 47.2 Å². The second kappa shape index (κ2) is 8.70. The van der Waals surface area contributed by atoms with Crippen molar-refractivity contribution in [1.29, 1.82) is 0 Å². The summed E-state index contributed by atoms with van der Waals surface area (Å²) in [4.78, 5) is 13.0. The number of carbonyl (C=O) groups excluding carboxylic acids is 1. The lowest BCUT2D eigenvalue weighted by molar-refractivity contribution is -0.120. The van der Waals surface area contributed by atoms with Crippen molar-refractivity contribution in [2.45, 2.75) is 18.2 Å². The Bertz CT molecular complexity index is 721. The molecule has 0 spiro atoms. The number of benzene rings is 2. The first-order valence-corrected chi connectivity index (χ1v) is 8.43. The van der Waals surface area contributed by atoms with Gasteiger partial charge in [-0.3, -0.25) is 4.79 Å². The summed E-state index contributed by atoms with van der Waals surface area (Å²) in [5.41, 5.74) is 3.89. The third kappa shape index (κ3) is 5.69. The highest BCUT2D eigenvalue weighted by Gasteiger charge is 2.08. The van der Waals surface area contributed by atoms with Gasteiger partial charge in [0.25, 0.3) is 0 Å². The molecular formula is C17H16ClFN2OS. The minimum atomic E-state index is -0.347. The average molecular weight is 351 g/mol. The van der Waals surface area contributed by atoms with E-state index in [4.69, 9.17) is 11.6 Å². The molecule has 0 aliphatic carbocycles. The number of amides is 1. The molecule has 23 heavy (non-hydrogen) atoms. The van der Waals surface area contributed by atoms with Gasteiger partial charge in [0.05, 0.1) is 12.6 Å². The Kier molecular flexibility index (Phi) is 6.62. The summed E-state index contributed by atoms with van der Waals surface area (Å²) in [6, 6.07) is 11.5. The van der Waals surface area contributed by atoms with E-state index in [0.717, 1.165) is 16.2 Å². The van der Waals surface area contributed by atoms with Crippen molar-refractivity contribution in [3.8, 4) is 0 Å². The summed E-state index contributed by atoms with van der Waals surface area (Å²) in [7, 11) is 0. The van der Waals surface area contributed by atoms with Crippen LogP contribution in [0, 0.1) is 5.82 Å². The number of halogens is 2. The first-order chi connectivity index (χ1) is 11.1. The van der Waals surface area contributed by atoms with E-state index in [2.05, 4.69) is 10.5 Å². The predicted molar refractivity (Wildman–Crippen MR) is 93.7 cm³/mol. The molecule has 0 atom stereocenters. The second-order valence-electron chi connectivity index (χ2n) is 4.71. The van der Waals surface area contributed by atoms with Crippen LogP contribution in [0.25, 0.3) is 0 Å². The number of nitrogens with zero attached hydrogens (tertiary/aromatic N) is 1. The molecule has 0 aromatic heterocycles. The zero-order chi connectivity index (χ0) is 16.7. The van der Waals surface area contributed by atoms with Crippen molar-refractivity contribution < 1.29 is 9.18 Å². The van der Waals surface area contributed by atoms with Crippen molar-refractivity contribution in [3.05, 3.63) is 64.4 Å². The fraction of sp³-hybridized carbons (Fsp3) is 0.176. The van der Waals surface area contributed by atoms with Gasteiger partial charge in [-0.25, -0.2) is 9.82 Å². The van der Waals surface area contributed by atoms with E-state index in [-0.39, 0.29) is 18.1 Å². The van der Waals surface area contributed by atoms with E-state index in [1.54, 1.807) is 30.0 Å². The molecule has 3 nitrogen and oxygen atoms in total. The Morgan fingerprint density at radius 3 is 2.91 bits per heavy atom. The first-order valence-electron chi connectivity index (χ1n) is 7.07. The van der Waals surface area contributed by atoms with Crippen molar-refractivity contribution in [1.82, 2.24) is 5.43 Å². The van der Waals surface area contributed by atoms with Crippen LogP contribution in [0.3, 0.4) is 0 Å². The molecule has 1 amide bonds. The maximum atomic E-state index is 13.0. The zero-order valence-electron chi connectivity index (χ0n) is 12.6. The standard InChI is InChI=1S/C17H16ClFN2OS/c1-2-23-16-7-6-14(18)9-13(16)10-17(22)21-20-11-12-4-3-5-15(19)8-12/h3-9,11H,2,10H2,1H3,(H,21,22)/b20-11-. The summed E-state index contributed by atoms with van der Waals surface area (Å²) in [5, 5.41) is 4.44. The highest BCUT2D eigenvalue weighted by Crippen LogP contribution is 2.26. The molecule has 2 rings (SSSR count). The number of hydrazone groups is 1. The molecule has 6 heteroatoms. The van der Waals surface area contributed by atoms with Crippen molar-refractivity contribution in [3.63, 3.8) is 0 Å². The molecule has 0 heterocycles. The summed E-state index contributed by atoms with van der Waals surface area (Å²) >= 11 is 7.65. The van der Waals surface area contributed by atoms with Gasteiger partial charge in [-0.2, -0.15) is 5.10 Å². The fourth-order valence-corrected chi connectivity index (χ4v) is 2.95. The molecule has 0 saturated heterocycles. The molecule has 0 fully saturated rings. The molecule has 2 aromatic carbocycles. The summed E-state index contributed by atoms with van der Waals surface area (Å²) in [6.45, 7) is 2.05. The normalized spacial score (nSPS) is 10.9. The van der Waals surface area contributed by atoms with Crippen LogP contribution < -0.4 is 5.43 Å². The third-order valence-electron chi connectivity index (χ3n) is 2.92. The van der Waals surface area contributed by atoms with Crippen LogP contribution in [0.4, 0.5) is 4.39 Å². The largest absolute Gasteiger partial charge is 0.273 e. The molecule has 0 aliphatic rings. The number of hydrogen-bond donors (Lipinski definition) is 1. The molecular weight excluding hydrogens is 335 g/mol. The number of rotatable bonds is 6. The lowest BCUT2D eigenvalue weighted by atomic mass is 10.1. The van der Waals surface area contributed by atoms with E-state index < -0.39 is 0 Å². The molecule has 120 valence electrons. The van der Waals surface area contributed by atoms with Gasteiger partial charge >= 0.3 is 0 Å². The molecule has 2 aromatic rings. The molecule has 0 saturated carbocycles. The monoisotopic (exact) mass is 350 g/mol. The quantitative estimate of drug-likeness (QED) is 0.480. The number of hydrogen-bond acceptors (Lipinski definition) is 3. The lowest BCUT2D eigenvalue weighted by Gasteiger charge is -2.08. The van der Waals surface area contributed by atoms with Gasteiger partial charge in [-0.15, -0.1) is 11.8 Å². The van der Waals surface area contributed by atoms with Crippen LogP contribution >= 0.6 is 23.4 Å². The lowest BCUT2D eigenvalue weighted by Crippen LogP contribution is -2.20. The maximum absolute atomic E-state index is 13.0. The molecule has 0 unspecified atom stereocenters. The van der Waals surface area contributed by atoms with Gasteiger partial charge in [0.15, 0.2) is 0 Å². The fourth-order valence-electron chi connectivity index (χ4n) is 1.96. The van der Waals surface area contributed by atoms with E-state index in [9.17, 15) is 9.18 Å². The van der Waals surface area contributed by atoms with Gasteiger partial charge in [-0.1, -0.05) is 30.7 Å². The Morgan fingerprint density at radius 2 is 2.17 bits per heavy atom. The first kappa shape index (κ1) is 17.5. The molecule has 0 aliphatic heterocycles. The van der Waals surface area contributed by atoms with Crippen molar-refractivity contribution >= 4 is 35.5 Å². The van der Waals surface area contributed by atoms with Crippen LogP contribution in [0.1, 0.15) is 18.1 Å². The van der Waals surface area contributed by atoms with E-state index in [1.807, 2.05) is 19.1 Å². The Hall–Kier alpha value is -1.85. The van der Waals surface area contributed by atoms with Crippen LogP contribution in [-0.2, 0) is 11.2 Å². The number of carbonyl (C=O) groups is 1. The van der Waals surface area contributed by atoms with Gasteiger partial charge in [0, 0.05) is 9.92 Å². The second-order valence-corrected chi connectivity index (χ2v) is 6.45. The van der Waals surface area contributed by atoms with Gasteiger partial charge < -0.3 is 0 Å². The summed E-state index contributed by atoms with van der Waals surface area (Å²) in [6.07, 6.45) is 1.59. The number of thioether (sulfide) groups is 1. The van der Waals surface area contributed by atoms with E-state index >= 15 is 0 Å². The van der Waals surface area contributed by atoms with Crippen molar-refractivity contribution in [2.24, 2.45) is 5.10 Å². The maximum Gasteiger partial charge on any atom is 0.244 e. The SMILES string of the molecule is CCSc1ccc(Cl)cc1CC(=O)N/N=C\c1cccc(F)c1. The van der Waals surface area contributed by atoms with Gasteiger partial charge in [0.2, 0.25) is 5.91 Å².